The van der Waals surface area contributed by atoms with Gasteiger partial charge in [0, 0.05) is 0 Å². The third-order valence-electron chi connectivity index (χ3n) is 3.62. The summed E-state index contributed by atoms with van der Waals surface area (Å²) in [6, 6.07) is 23.0. The van der Waals surface area contributed by atoms with Crippen molar-refractivity contribution in [3.05, 3.63) is 89.5 Å². The molecule has 3 aromatic carbocycles. The van der Waals surface area contributed by atoms with E-state index < -0.39 is 7.80 Å². The summed E-state index contributed by atoms with van der Waals surface area (Å²) in [5, 5.41) is 11.1. The summed E-state index contributed by atoms with van der Waals surface area (Å²) >= 11 is 0. The van der Waals surface area contributed by atoms with Gasteiger partial charge in [0.05, 0.1) is 0 Å². The molecule has 0 saturated heterocycles. The van der Waals surface area contributed by atoms with Gasteiger partial charge in [0.15, 0.2) is 10.6 Å². The summed E-state index contributed by atoms with van der Waals surface area (Å²) in [7, 11) is -1.42. The molecule has 3 rings (SSSR count). The minimum atomic E-state index is -1.42. The van der Waals surface area contributed by atoms with Crippen molar-refractivity contribution in [3.8, 4) is 5.75 Å². The SMILES string of the molecule is Cc1cc(C)c(O)c(C)c1.O=[P+](c1ccccc1)c1ccccc1. The van der Waals surface area contributed by atoms with Crippen molar-refractivity contribution in [2.75, 3.05) is 0 Å². The number of rotatable bonds is 2. The second kappa shape index (κ2) is 8.42. The Morgan fingerprint density at radius 3 is 1.46 bits per heavy atom. The van der Waals surface area contributed by atoms with Crippen LogP contribution in [0.25, 0.3) is 0 Å². The van der Waals surface area contributed by atoms with Crippen molar-refractivity contribution in [2.24, 2.45) is 0 Å². The molecule has 0 aliphatic heterocycles. The summed E-state index contributed by atoms with van der Waals surface area (Å²) in [6.07, 6.45) is 0. The van der Waals surface area contributed by atoms with Gasteiger partial charge >= 0.3 is 7.80 Å². The molecule has 0 heterocycles. The van der Waals surface area contributed by atoms with Crippen molar-refractivity contribution in [2.45, 2.75) is 20.8 Å². The van der Waals surface area contributed by atoms with Crippen LogP contribution in [0.2, 0.25) is 0 Å². The quantitative estimate of drug-likeness (QED) is 0.683. The van der Waals surface area contributed by atoms with E-state index in [1.165, 1.54) is 5.56 Å². The van der Waals surface area contributed by atoms with Gasteiger partial charge in [0.1, 0.15) is 5.75 Å². The Morgan fingerprint density at radius 2 is 1.08 bits per heavy atom. The van der Waals surface area contributed by atoms with Crippen molar-refractivity contribution in [1.82, 2.24) is 0 Å². The van der Waals surface area contributed by atoms with E-state index in [9.17, 15) is 9.67 Å². The first-order chi connectivity index (χ1) is 11.5. The van der Waals surface area contributed by atoms with E-state index >= 15 is 0 Å². The average Bonchev–Trinajstić information content (AvgIpc) is 2.61. The molecule has 0 aromatic heterocycles. The predicted molar refractivity (Wildman–Crippen MR) is 102 cm³/mol. The van der Waals surface area contributed by atoms with E-state index in [1.807, 2.05) is 93.6 Å². The van der Waals surface area contributed by atoms with E-state index in [0.717, 1.165) is 21.7 Å². The lowest BCUT2D eigenvalue weighted by atomic mass is 10.1. The number of hydrogen-bond acceptors (Lipinski definition) is 2. The third-order valence-corrected chi connectivity index (χ3v) is 5.15. The molecular formula is C21H22O2P+. The Hall–Kier alpha value is -2.44. The van der Waals surface area contributed by atoms with Crippen LogP contribution in [0.3, 0.4) is 0 Å². The second-order valence-electron chi connectivity index (χ2n) is 5.71. The number of aryl methyl sites for hydroxylation is 3. The number of aromatic hydroxyl groups is 1. The fourth-order valence-electron chi connectivity index (χ4n) is 2.45. The lowest BCUT2D eigenvalue weighted by molar-refractivity contribution is 0.466. The van der Waals surface area contributed by atoms with Crippen molar-refractivity contribution in [1.29, 1.82) is 0 Å². The van der Waals surface area contributed by atoms with E-state index in [-0.39, 0.29) is 0 Å². The molecule has 122 valence electrons. The van der Waals surface area contributed by atoms with Gasteiger partial charge in [-0.25, -0.2) is 0 Å². The maximum Gasteiger partial charge on any atom is 0.415 e. The number of benzene rings is 3. The molecule has 0 bridgehead atoms. The smallest absolute Gasteiger partial charge is 0.415 e. The Balaban J connectivity index is 0.000000185. The van der Waals surface area contributed by atoms with Crippen LogP contribution in [0.15, 0.2) is 72.8 Å². The fraction of sp³-hybridized carbons (Fsp3) is 0.143. The van der Waals surface area contributed by atoms with Gasteiger partial charge in [-0.15, -0.1) is 0 Å². The van der Waals surface area contributed by atoms with Crippen molar-refractivity contribution in [3.63, 3.8) is 0 Å². The number of phenols is 1. The number of hydrogen-bond donors (Lipinski definition) is 1. The van der Waals surface area contributed by atoms with Crippen LogP contribution in [0.4, 0.5) is 0 Å². The summed E-state index contributed by atoms with van der Waals surface area (Å²) in [4.78, 5) is 0. The summed E-state index contributed by atoms with van der Waals surface area (Å²) < 4.78 is 12.0. The van der Waals surface area contributed by atoms with Crippen molar-refractivity contribution >= 4 is 18.4 Å². The Bertz CT molecular complexity index is 747. The van der Waals surface area contributed by atoms with E-state index in [0.29, 0.717) is 5.75 Å². The highest BCUT2D eigenvalue weighted by Crippen LogP contribution is 2.22. The highest BCUT2D eigenvalue weighted by Gasteiger charge is 2.21. The highest BCUT2D eigenvalue weighted by molar-refractivity contribution is 7.61. The van der Waals surface area contributed by atoms with Gasteiger partial charge in [-0.05, 0) is 56.2 Å². The van der Waals surface area contributed by atoms with Gasteiger partial charge in [-0.2, -0.15) is 0 Å². The Labute approximate surface area is 144 Å². The minimum absolute atomic E-state index is 0.422. The van der Waals surface area contributed by atoms with Crippen molar-refractivity contribution < 1.29 is 9.67 Å². The van der Waals surface area contributed by atoms with E-state index in [2.05, 4.69) is 0 Å². The lowest BCUT2D eigenvalue weighted by Crippen LogP contribution is -2.04. The van der Waals surface area contributed by atoms with Gasteiger partial charge in [0.25, 0.3) is 0 Å². The zero-order valence-corrected chi connectivity index (χ0v) is 15.1. The van der Waals surface area contributed by atoms with E-state index in [4.69, 9.17) is 0 Å². The molecule has 0 saturated carbocycles. The van der Waals surface area contributed by atoms with Gasteiger partial charge in [0.2, 0.25) is 0 Å². The van der Waals surface area contributed by atoms with Crippen LogP contribution < -0.4 is 10.6 Å². The van der Waals surface area contributed by atoms with Gasteiger partial charge in [-0.1, -0.05) is 58.7 Å². The third kappa shape index (κ3) is 4.78. The van der Waals surface area contributed by atoms with Gasteiger partial charge < -0.3 is 5.11 Å². The molecule has 0 unspecified atom stereocenters. The molecule has 0 aliphatic carbocycles. The summed E-state index contributed by atoms with van der Waals surface area (Å²) in [6.45, 7) is 5.85. The first-order valence-electron chi connectivity index (χ1n) is 7.83. The normalized spacial score (nSPS) is 9.79. The summed E-state index contributed by atoms with van der Waals surface area (Å²) in [5.41, 5.74) is 3.11. The molecular weight excluding hydrogens is 315 g/mol. The molecule has 3 heteroatoms. The Kier molecular flexibility index (Phi) is 6.28. The maximum absolute atomic E-state index is 12.0. The first kappa shape index (κ1) is 17.9. The molecule has 0 atom stereocenters. The Morgan fingerprint density at radius 1 is 0.708 bits per heavy atom. The molecule has 0 radical (unpaired) electrons. The molecule has 0 fully saturated rings. The van der Waals surface area contributed by atoms with E-state index in [1.54, 1.807) is 0 Å². The van der Waals surface area contributed by atoms with Crippen LogP contribution in [0, 0.1) is 20.8 Å². The molecule has 24 heavy (non-hydrogen) atoms. The zero-order valence-electron chi connectivity index (χ0n) is 14.2. The first-order valence-corrected chi connectivity index (χ1v) is 9.09. The number of phenolic OH excluding ortho intramolecular Hbond substituents is 1. The van der Waals surface area contributed by atoms with Gasteiger partial charge in [-0.3, -0.25) is 0 Å². The molecule has 1 N–H and O–H groups in total. The molecule has 3 aromatic rings. The summed E-state index contributed by atoms with van der Waals surface area (Å²) in [5.74, 6) is 0.422. The van der Waals surface area contributed by atoms with Crippen LogP contribution in [0.5, 0.6) is 5.75 Å². The predicted octanol–water partition coefficient (Wildman–Crippen LogP) is 4.78. The maximum atomic E-state index is 12.0. The van der Waals surface area contributed by atoms with Crippen LogP contribution in [0.1, 0.15) is 16.7 Å². The lowest BCUT2D eigenvalue weighted by Gasteiger charge is -2.03. The molecule has 0 aliphatic rings. The molecule has 0 spiro atoms. The van der Waals surface area contributed by atoms with Crippen LogP contribution in [-0.4, -0.2) is 5.11 Å². The average molecular weight is 337 g/mol. The standard InChI is InChI=1S/C12H10OP.C9H12O/c13-14(11-7-3-1-4-8-11)12-9-5-2-6-10-12;1-6-4-7(2)9(10)8(3)5-6/h1-10H;4-5,10H,1-3H3/q+1;. The largest absolute Gasteiger partial charge is 0.507 e. The fourth-order valence-corrected chi connectivity index (χ4v) is 3.63. The minimum Gasteiger partial charge on any atom is -0.507 e. The van der Waals surface area contributed by atoms with Crippen LogP contribution >= 0.6 is 7.80 Å². The monoisotopic (exact) mass is 337 g/mol. The van der Waals surface area contributed by atoms with Crippen LogP contribution in [-0.2, 0) is 4.57 Å². The topological polar surface area (TPSA) is 37.3 Å². The highest BCUT2D eigenvalue weighted by atomic mass is 31.1. The molecule has 0 amide bonds. The zero-order chi connectivity index (χ0) is 17.5. The second-order valence-corrected chi connectivity index (χ2v) is 7.33. The molecule has 2 nitrogen and oxygen atoms in total.